The standard InChI is InChI=1S/C21H21FN2O2S2/c22-15-5-3-4-14-16(10-12-28-21(14)15)23-19(25)8-9-20(26)24-11-13-27-18-7-2-1-6-17(18)24/h1-7,16H,8-13H2,(H,23,25). The summed E-state index contributed by atoms with van der Waals surface area (Å²) >= 11 is 3.23. The largest absolute Gasteiger partial charge is 0.349 e. The van der Waals surface area contributed by atoms with Gasteiger partial charge in [-0.25, -0.2) is 4.39 Å². The summed E-state index contributed by atoms with van der Waals surface area (Å²) in [6.45, 7) is 0.661. The van der Waals surface area contributed by atoms with Gasteiger partial charge >= 0.3 is 0 Å². The van der Waals surface area contributed by atoms with E-state index in [-0.39, 0.29) is 36.5 Å². The molecular formula is C21H21FN2O2S2. The van der Waals surface area contributed by atoms with Crippen LogP contribution in [0.4, 0.5) is 10.1 Å². The lowest BCUT2D eigenvalue weighted by atomic mass is 10.0. The number of benzene rings is 2. The number of amides is 2. The Kier molecular flexibility index (Phi) is 5.92. The second-order valence-corrected chi connectivity index (χ2v) is 9.02. The Balaban J connectivity index is 1.36. The van der Waals surface area contributed by atoms with Crippen LogP contribution in [0.15, 0.2) is 52.3 Å². The van der Waals surface area contributed by atoms with Crippen molar-refractivity contribution < 1.29 is 14.0 Å². The van der Waals surface area contributed by atoms with E-state index < -0.39 is 0 Å². The van der Waals surface area contributed by atoms with Gasteiger partial charge in [0.1, 0.15) is 5.82 Å². The third-order valence-corrected chi connectivity index (χ3v) is 7.16. The molecule has 7 heteroatoms. The number of nitrogens with zero attached hydrogens (tertiary/aromatic N) is 1. The van der Waals surface area contributed by atoms with E-state index in [0.717, 1.165) is 34.1 Å². The Morgan fingerprint density at radius 1 is 1.07 bits per heavy atom. The third-order valence-electron chi connectivity index (χ3n) is 4.96. The topological polar surface area (TPSA) is 49.4 Å². The van der Waals surface area contributed by atoms with Gasteiger partial charge in [-0.1, -0.05) is 24.3 Å². The average molecular weight is 417 g/mol. The normalized spacial score (nSPS) is 18.2. The van der Waals surface area contributed by atoms with Crippen LogP contribution in [0.5, 0.6) is 0 Å². The zero-order valence-corrected chi connectivity index (χ0v) is 17.0. The van der Waals surface area contributed by atoms with E-state index in [1.807, 2.05) is 30.3 Å². The van der Waals surface area contributed by atoms with Gasteiger partial charge in [-0.05, 0) is 30.2 Å². The Hall–Kier alpha value is -1.99. The zero-order valence-electron chi connectivity index (χ0n) is 15.3. The van der Waals surface area contributed by atoms with Crippen molar-refractivity contribution in [3.63, 3.8) is 0 Å². The number of thioether (sulfide) groups is 2. The van der Waals surface area contributed by atoms with Gasteiger partial charge in [0.15, 0.2) is 0 Å². The van der Waals surface area contributed by atoms with E-state index in [1.165, 1.54) is 17.8 Å². The number of anilines is 1. The molecule has 0 saturated carbocycles. The van der Waals surface area contributed by atoms with Gasteiger partial charge in [-0.2, -0.15) is 0 Å². The number of para-hydroxylation sites is 1. The molecule has 0 aromatic heterocycles. The van der Waals surface area contributed by atoms with E-state index in [1.54, 1.807) is 22.7 Å². The smallest absolute Gasteiger partial charge is 0.227 e. The van der Waals surface area contributed by atoms with Crippen molar-refractivity contribution >= 4 is 41.0 Å². The van der Waals surface area contributed by atoms with Crippen molar-refractivity contribution in [2.75, 3.05) is 23.0 Å². The molecule has 1 atom stereocenters. The quantitative estimate of drug-likeness (QED) is 0.803. The minimum Gasteiger partial charge on any atom is -0.349 e. The Labute approximate surface area is 172 Å². The van der Waals surface area contributed by atoms with E-state index in [2.05, 4.69) is 5.32 Å². The van der Waals surface area contributed by atoms with Crippen LogP contribution < -0.4 is 10.2 Å². The van der Waals surface area contributed by atoms with Gasteiger partial charge in [0.25, 0.3) is 0 Å². The number of nitrogens with one attached hydrogen (secondary N) is 1. The second kappa shape index (κ2) is 8.57. The average Bonchev–Trinajstić information content (AvgIpc) is 2.72. The molecular weight excluding hydrogens is 395 g/mol. The lowest BCUT2D eigenvalue weighted by Gasteiger charge is -2.29. The molecule has 0 bridgehead atoms. The predicted molar refractivity (Wildman–Crippen MR) is 111 cm³/mol. The molecule has 0 aliphatic carbocycles. The van der Waals surface area contributed by atoms with Crippen molar-refractivity contribution in [2.45, 2.75) is 35.1 Å². The number of hydrogen-bond donors (Lipinski definition) is 1. The maximum atomic E-state index is 14.0. The van der Waals surface area contributed by atoms with Crippen LogP contribution in [0.25, 0.3) is 0 Å². The van der Waals surface area contributed by atoms with Crippen LogP contribution in [0.3, 0.4) is 0 Å². The van der Waals surface area contributed by atoms with Crippen molar-refractivity contribution in [1.29, 1.82) is 0 Å². The summed E-state index contributed by atoms with van der Waals surface area (Å²) in [4.78, 5) is 28.6. The number of rotatable bonds is 4. The Morgan fingerprint density at radius 3 is 2.82 bits per heavy atom. The molecule has 2 aromatic carbocycles. The van der Waals surface area contributed by atoms with Crippen LogP contribution in [0.1, 0.15) is 30.9 Å². The van der Waals surface area contributed by atoms with Crippen molar-refractivity contribution in [1.82, 2.24) is 5.32 Å². The highest BCUT2D eigenvalue weighted by Gasteiger charge is 2.26. The fraction of sp³-hybridized carbons (Fsp3) is 0.333. The van der Waals surface area contributed by atoms with Crippen LogP contribution in [-0.2, 0) is 9.59 Å². The summed E-state index contributed by atoms with van der Waals surface area (Å²) in [5.41, 5.74) is 1.76. The van der Waals surface area contributed by atoms with Gasteiger partial charge in [-0.15, -0.1) is 23.5 Å². The van der Waals surface area contributed by atoms with Crippen molar-refractivity contribution in [3.8, 4) is 0 Å². The summed E-state index contributed by atoms with van der Waals surface area (Å²) in [6.07, 6.45) is 1.07. The van der Waals surface area contributed by atoms with E-state index >= 15 is 0 Å². The molecule has 2 heterocycles. The monoisotopic (exact) mass is 416 g/mol. The number of halogens is 1. The fourth-order valence-corrected chi connectivity index (χ4v) is 5.72. The van der Waals surface area contributed by atoms with Gasteiger partial charge in [0.2, 0.25) is 11.8 Å². The lowest BCUT2D eigenvalue weighted by molar-refractivity contribution is -0.125. The van der Waals surface area contributed by atoms with Gasteiger partial charge in [-0.3, -0.25) is 9.59 Å². The molecule has 146 valence electrons. The number of carbonyl (C=O) groups excluding carboxylic acids is 2. The predicted octanol–water partition coefficient (Wildman–Crippen LogP) is 4.40. The third kappa shape index (κ3) is 4.05. The zero-order chi connectivity index (χ0) is 19.5. The van der Waals surface area contributed by atoms with E-state index in [9.17, 15) is 14.0 Å². The first-order valence-electron chi connectivity index (χ1n) is 9.36. The highest BCUT2D eigenvalue weighted by molar-refractivity contribution is 7.99. The lowest BCUT2D eigenvalue weighted by Crippen LogP contribution is -2.37. The summed E-state index contributed by atoms with van der Waals surface area (Å²) in [7, 11) is 0. The van der Waals surface area contributed by atoms with Gasteiger partial charge in [0, 0.05) is 40.7 Å². The molecule has 0 saturated heterocycles. The van der Waals surface area contributed by atoms with Crippen LogP contribution in [-0.4, -0.2) is 29.9 Å². The highest BCUT2D eigenvalue weighted by atomic mass is 32.2. The summed E-state index contributed by atoms with van der Waals surface area (Å²) < 4.78 is 14.0. The van der Waals surface area contributed by atoms with Crippen LogP contribution in [0.2, 0.25) is 0 Å². The molecule has 2 amide bonds. The van der Waals surface area contributed by atoms with Gasteiger partial charge < -0.3 is 10.2 Å². The molecule has 4 rings (SSSR count). The first-order chi connectivity index (χ1) is 13.6. The maximum Gasteiger partial charge on any atom is 0.227 e. The minimum atomic E-state index is -0.238. The first-order valence-corrected chi connectivity index (χ1v) is 11.3. The maximum absolute atomic E-state index is 14.0. The molecule has 2 aromatic rings. The summed E-state index contributed by atoms with van der Waals surface area (Å²) in [5.74, 6) is 1.18. The molecule has 0 spiro atoms. The van der Waals surface area contributed by atoms with E-state index in [0.29, 0.717) is 11.4 Å². The number of fused-ring (bicyclic) bond motifs is 2. The minimum absolute atomic E-state index is 0.0338. The molecule has 0 radical (unpaired) electrons. The molecule has 2 aliphatic rings. The highest BCUT2D eigenvalue weighted by Crippen LogP contribution is 2.38. The molecule has 1 N–H and O–H groups in total. The van der Waals surface area contributed by atoms with Crippen LogP contribution in [0, 0.1) is 5.82 Å². The summed E-state index contributed by atoms with van der Waals surface area (Å²) in [5, 5.41) is 2.99. The molecule has 28 heavy (non-hydrogen) atoms. The molecule has 2 aliphatic heterocycles. The molecule has 1 unspecified atom stereocenters. The van der Waals surface area contributed by atoms with Crippen LogP contribution >= 0.6 is 23.5 Å². The SMILES string of the molecule is O=C(CCC(=O)N1CCSc2ccccc21)NC1CCSc2c(F)cccc21. The van der Waals surface area contributed by atoms with Crippen molar-refractivity contribution in [2.24, 2.45) is 0 Å². The molecule has 4 nitrogen and oxygen atoms in total. The summed E-state index contributed by atoms with van der Waals surface area (Å²) in [6, 6.07) is 12.7. The first kappa shape index (κ1) is 19.3. The second-order valence-electron chi connectivity index (χ2n) is 6.78. The van der Waals surface area contributed by atoms with E-state index in [4.69, 9.17) is 0 Å². The van der Waals surface area contributed by atoms with Gasteiger partial charge in [0.05, 0.1) is 11.7 Å². The van der Waals surface area contributed by atoms with Crippen molar-refractivity contribution in [3.05, 3.63) is 53.8 Å². The Bertz CT molecular complexity index is 906. The number of hydrogen-bond acceptors (Lipinski definition) is 4. The molecule has 0 fully saturated rings. The fourth-order valence-electron chi connectivity index (χ4n) is 3.59. The number of carbonyl (C=O) groups is 2. The Morgan fingerprint density at radius 2 is 1.93 bits per heavy atom.